The van der Waals surface area contributed by atoms with Crippen molar-refractivity contribution in [1.82, 2.24) is 14.5 Å². The Morgan fingerprint density at radius 2 is 2.11 bits per heavy atom. The molecule has 28 heavy (non-hydrogen) atoms. The number of anilines is 1. The standard InChI is InChI=1S/C18H18ClFN4O4/c1-18(27)13(26)17(24-6-5-9-15(21)22-7-23-16(9)24)28-14(18)12(25)8-3-2-4-10(19)11(8)20/h2-7,12-14,17,25-27H,1H3,(H2,21,22,23)/t12-,13-,14+,17+,18-/m0/s1. The van der Waals surface area contributed by atoms with Crippen molar-refractivity contribution >= 4 is 28.5 Å². The second-order valence-corrected chi connectivity index (χ2v) is 7.33. The molecule has 4 rings (SSSR count). The second-order valence-electron chi connectivity index (χ2n) is 6.92. The molecule has 1 aliphatic heterocycles. The van der Waals surface area contributed by atoms with Gasteiger partial charge in [-0.05, 0) is 19.1 Å². The third-order valence-electron chi connectivity index (χ3n) is 5.13. The molecule has 5 N–H and O–H groups in total. The van der Waals surface area contributed by atoms with E-state index in [9.17, 15) is 19.7 Å². The van der Waals surface area contributed by atoms with Gasteiger partial charge < -0.3 is 30.4 Å². The van der Waals surface area contributed by atoms with Crippen LogP contribution in [0.3, 0.4) is 0 Å². The third kappa shape index (κ3) is 2.75. The van der Waals surface area contributed by atoms with E-state index in [4.69, 9.17) is 22.1 Å². The lowest BCUT2D eigenvalue weighted by molar-refractivity contribution is -0.115. The number of fused-ring (bicyclic) bond motifs is 1. The van der Waals surface area contributed by atoms with Crippen LogP contribution in [0, 0.1) is 5.82 Å². The Bertz CT molecular complexity index is 1040. The highest BCUT2D eigenvalue weighted by Crippen LogP contribution is 2.44. The molecule has 2 aromatic heterocycles. The third-order valence-corrected chi connectivity index (χ3v) is 5.42. The number of nitrogens with two attached hydrogens (primary N) is 1. The minimum atomic E-state index is -1.89. The number of benzene rings is 1. The van der Waals surface area contributed by atoms with Crippen LogP contribution in [0.5, 0.6) is 0 Å². The number of aromatic nitrogens is 3. The van der Waals surface area contributed by atoms with Crippen molar-refractivity contribution in [1.29, 1.82) is 0 Å². The van der Waals surface area contributed by atoms with Crippen LogP contribution in [0.15, 0.2) is 36.8 Å². The van der Waals surface area contributed by atoms with Gasteiger partial charge in [0.2, 0.25) is 0 Å². The van der Waals surface area contributed by atoms with Gasteiger partial charge in [-0.3, -0.25) is 0 Å². The predicted octanol–water partition coefficient (Wildman–Crippen LogP) is 1.55. The summed E-state index contributed by atoms with van der Waals surface area (Å²) in [6.45, 7) is 1.31. The minimum Gasteiger partial charge on any atom is -0.385 e. The monoisotopic (exact) mass is 408 g/mol. The van der Waals surface area contributed by atoms with Gasteiger partial charge in [0.15, 0.2) is 6.23 Å². The zero-order valence-electron chi connectivity index (χ0n) is 14.7. The number of halogens is 2. The van der Waals surface area contributed by atoms with Crippen molar-refractivity contribution in [2.45, 2.75) is 37.1 Å². The SMILES string of the molecule is C[C@@]1(O)[C@@H]([C@@H](O)c2cccc(Cl)c2F)O[C@@H](n2ccc3c(N)ncnc32)[C@@H]1O. The van der Waals surface area contributed by atoms with Crippen molar-refractivity contribution in [3.63, 3.8) is 0 Å². The van der Waals surface area contributed by atoms with Gasteiger partial charge in [-0.1, -0.05) is 23.7 Å². The fourth-order valence-electron chi connectivity index (χ4n) is 3.54. The summed E-state index contributed by atoms with van der Waals surface area (Å²) >= 11 is 5.79. The number of nitrogens with zero attached hydrogens (tertiary/aromatic N) is 3. The van der Waals surface area contributed by atoms with Crippen LogP contribution in [0.2, 0.25) is 5.02 Å². The molecule has 1 aromatic carbocycles. The number of nitrogen functional groups attached to an aromatic ring is 1. The number of rotatable bonds is 3. The Balaban J connectivity index is 1.73. The molecule has 5 atom stereocenters. The highest BCUT2D eigenvalue weighted by Gasteiger charge is 2.56. The Hall–Kier alpha value is -2.30. The molecular weight excluding hydrogens is 391 g/mol. The first-order valence-corrected chi connectivity index (χ1v) is 8.86. The molecule has 3 heterocycles. The molecule has 0 spiro atoms. The summed E-state index contributed by atoms with van der Waals surface area (Å²) in [5.41, 5.74) is 4.17. The number of aliphatic hydroxyl groups excluding tert-OH is 2. The van der Waals surface area contributed by atoms with Gasteiger partial charge in [0.25, 0.3) is 0 Å². The predicted molar refractivity (Wildman–Crippen MR) is 98.9 cm³/mol. The maximum absolute atomic E-state index is 14.4. The summed E-state index contributed by atoms with van der Waals surface area (Å²) in [6, 6.07) is 5.80. The molecule has 1 saturated heterocycles. The summed E-state index contributed by atoms with van der Waals surface area (Å²) < 4.78 is 21.6. The van der Waals surface area contributed by atoms with E-state index in [-0.39, 0.29) is 16.4 Å². The second kappa shape index (κ2) is 6.64. The van der Waals surface area contributed by atoms with Crippen molar-refractivity contribution in [3.8, 4) is 0 Å². The maximum atomic E-state index is 14.4. The first kappa shape index (κ1) is 19.0. The van der Waals surface area contributed by atoms with Gasteiger partial charge >= 0.3 is 0 Å². The van der Waals surface area contributed by atoms with Crippen LogP contribution in [0.25, 0.3) is 11.0 Å². The fraction of sp³-hybridized carbons (Fsp3) is 0.333. The topological polar surface area (TPSA) is 127 Å². The van der Waals surface area contributed by atoms with E-state index in [0.29, 0.717) is 11.0 Å². The Morgan fingerprint density at radius 3 is 2.86 bits per heavy atom. The molecule has 8 nitrogen and oxygen atoms in total. The van der Waals surface area contributed by atoms with Crippen molar-refractivity contribution in [2.75, 3.05) is 5.73 Å². The van der Waals surface area contributed by atoms with Crippen molar-refractivity contribution in [2.24, 2.45) is 0 Å². The van der Waals surface area contributed by atoms with E-state index in [0.717, 1.165) is 0 Å². The lowest BCUT2D eigenvalue weighted by Crippen LogP contribution is -2.47. The maximum Gasteiger partial charge on any atom is 0.164 e. The molecule has 0 radical (unpaired) electrons. The first-order valence-electron chi connectivity index (χ1n) is 8.48. The molecule has 0 unspecified atom stereocenters. The number of hydrogen-bond donors (Lipinski definition) is 4. The average Bonchev–Trinajstić information content (AvgIpc) is 3.18. The molecule has 1 fully saturated rings. The summed E-state index contributed by atoms with van der Waals surface area (Å²) in [6.07, 6.45) is -2.60. The van der Waals surface area contributed by atoms with Gasteiger partial charge in [0.1, 0.15) is 47.5 Å². The molecule has 0 saturated carbocycles. The summed E-state index contributed by atoms with van der Waals surface area (Å²) in [5, 5.41) is 32.6. The first-order chi connectivity index (χ1) is 13.2. The zero-order chi connectivity index (χ0) is 20.2. The fourth-order valence-corrected chi connectivity index (χ4v) is 3.72. The van der Waals surface area contributed by atoms with E-state index >= 15 is 0 Å². The Kier molecular flexibility index (Phi) is 4.52. The van der Waals surface area contributed by atoms with Gasteiger partial charge in [-0.15, -0.1) is 0 Å². The van der Waals surface area contributed by atoms with E-state index in [2.05, 4.69) is 9.97 Å². The largest absolute Gasteiger partial charge is 0.385 e. The smallest absolute Gasteiger partial charge is 0.164 e. The van der Waals surface area contributed by atoms with Crippen molar-refractivity contribution in [3.05, 3.63) is 53.2 Å². The Morgan fingerprint density at radius 1 is 1.36 bits per heavy atom. The highest BCUT2D eigenvalue weighted by molar-refractivity contribution is 6.30. The highest BCUT2D eigenvalue weighted by atomic mass is 35.5. The van der Waals surface area contributed by atoms with Crippen LogP contribution in [0.1, 0.15) is 24.8 Å². The number of hydrogen-bond acceptors (Lipinski definition) is 7. The van der Waals surface area contributed by atoms with Crippen LogP contribution in [-0.4, -0.2) is 47.7 Å². The Labute approximate surface area is 164 Å². The molecular formula is C18H18ClFN4O4. The lowest BCUT2D eigenvalue weighted by atomic mass is 9.88. The summed E-state index contributed by atoms with van der Waals surface area (Å²) in [4.78, 5) is 8.04. The van der Waals surface area contributed by atoms with Crippen molar-refractivity contribution < 1.29 is 24.4 Å². The quantitative estimate of drug-likeness (QED) is 0.517. The van der Waals surface area contributed by atoms with E-state index in [1.165, 1.54) is 36.0 Å². The number of ether oxygens (including phenoxy) is 1. The van der Waals surface area contributed by atoms with Crippen LogP contribution < -0.4 is 5.73 Å². The van der Waals surface area contributed by atoms with Gasteiger partial charge in [0, 0.05) is 11.8 Å². The van der Waals surface area contributed by atoms with Gasteiger partial charge in [-0.25, -0.2) is 14.4 Å². The van der Waals surface area contributed by atoms with Crippen LogP contribution in [0.4, 0.5) is 10.2 Å². The molecule has 3 aromatic rings. The summed E-state index contributed by atoms with van der Waals surface area (Å²) in [5.74, 6) is -0.568. The minimum absolute atomic E-state index is 0.144. The molecule has 0 amide bonds. The van der Waals surface area contributed by atoms with E-state index in [1.54, 1.807) is 12.3 Å². The molecule has 0 bridgehead atoms. The lowest BCUT2D eigenvalue weighted by Gasteiger charge is -2.30. The normalized spacial score (nSPS) is 28.7. The van der Waals surface area contributed by atoms with Gasteiger partial charge in [0.05, 0.1) is 10.4 Å². The van der Waals surface area contributed by atoms with E-state index < -0.39 is 36.0 Å². The number of aliphatic hydroxyl groups is 3. The van der Waals surface area contributed by atoms with Crippen LogP contribution in [-0.2, 0) is 4.74 Å². The summed E-state index contributed by atoms with van der Waals surface area (Å²) in [7, 11) is 0. The molecule has 0 aliphatic carbocycles. The zero-order valence-corrected chi connectivity index (χ0v) is 15.5. The van der Waals surface area contributed by atoms with Gasteiger partial charge in [-0.2, -0.15) is 0 Å². The average molecular weight is 409 g/mol. The van der Waals surface area contributed by atoms with Crippen LogP contribution >= 0.6 is 11.6 Å². The molecule has 148 valence electrons. The van der Waals surface area contributed by atoms with E-state index in [1.807, 2.05) is 0 Å². The molecule has 10 heteroatoms. The molecule has 1 aliphatic rings.